The van der Waals surface area contributed by atoms with Gasteiger partial charge in [-0.1, -0.05) is 42.1 Å². The van der Waals surface area contributed by atoms with Crippen molar-refractivity contribution in [1.82, 2.24) is 14.8 Å². The SMILES string of the molecule is CCOC(=O)c1c(-c2ccccc2)csc1NC(=O)CSc1nnc(COc2ccc(OC)cc2)n1C. The number of ether oxygens (including phenoxy) is 3. The Morgan fingerprint density at radius 2 is 1.78 bits per heavy atom. The number of hydrogen-bond donors (Lipinski definition) is 1. The van der Waals surface area contributed by atoms with Crippen molar-refractivity contribution in [1.29, 1.82) is 0 Å². The van der Waals surface area contributed by atoms with Crippen molar-refractivity contribution < 1.29 is 23.8 Å². The molecule has 0 saturated heterocycles. The Hall–Kier alpha value is -3.83. The molecule has 1 amide bonds. The number of benzene rings is 2. The third kappa shape index (κ3) is 6.49. The highest BCUT2D eigenvalue weighted by Gasteiger charge is 2.23. The molecule has 4 aromatic rings. The molecule has 1 N–H and O–H groups in total. The lowest BCUT2D eigenvalue weighted by molar-refractivity contribution is -0.113. The molecule has 0 spiro atoms. The van der Waals surface area contributed by atoms with Gasteiger partial charge < -0.3 is 24.1 Å². The van der Waals surface area contributed by atoms with Gasteiger partial charge in [-0.15, -0.1) is 21.5 Å². The maximum atomic E-state index is 12.8. The van der Waals surface area contributed by atoms with Gasteiger partial charge in [0.15, 0.2) is 11.0 Å². The van der Waals surface area contributed by atoms with E-state index >= 15 is 0 Å². The van der Waals surface area contributed by atoms with Crippen molar-refractivity contribution in [2.45, 2.75) is 18.7 Å². The molecule has 0 unspecified atom stereocenters. The second kappa shape index (κ2) is 12.4. The summed E-state index contributed by atoms with van der Waals surface area (Å²) in [4.78, 5) is 25.5. The minimum Gasteiger partial charge on any atom is -0.497 e. The summed E-state index contributed by atoms with van der Waals surface area (Å²) in [5.41, 5.74) is 1.95. The summed E-state index contributed by atoms with van der Waals surface area (Å²) in [7, 11) is 3.42. The zero-order valence-corrected chi connectivity index (χ0v) is 22.2. The summed E-state index contributed by atoms with van der Waals surface area (Å²) in [6, 6.07) is 16.8. The number of methoxy groups -OCH3 is 1. The number of hydrogen-bond acceptors (Lipinski definition) is 9. The van der Waals surface area contributed by atoms with Gasteiger partial charge >= 0.3 is 5.97 Å². The third-order valence-corrected chi connectivity index (χ3v) is 7.21. The Morgan fingerprint density at radius 1 is 1.05 bits per heavy atom. The number of esters is 1. The number of carbonyl (C=O) groups is 2. The van der Waals surface area contributed by atoms with Gasteiger partial charge in [0.1, 0.15) is 28.7 Å². The first-order valence-electron chi connectivity index (χ1n) is 11.4. The molecule has 0 aliphatic carbocycles. The highest BCUT2D eigenvalue weighted by molar-refractivity contribution is 7.99. The van der Waals surface area contributed by atoms with Gasteiger partial charge in [-0.2, -0.15) is 0 Å². The molecule has 11 heteroatoms. The van der Waals surface area contributed by atoms with Crippen LogP contribution in [0.3, 0.4) is 0 Å². The molecule has 2 heterocycles. The fraction of sp³-hybridized carbons (Fsp3) is 0.231. The third-order valence-electron chi connectivity index (χ3n) is 5.29. The average molecular weight is 539 g/mol. The van der Waals surface area contributed by atoms with Gasteiger partial charge in [-0.3, -0.25) is 4.79 Å². The predicted octanol–water partition coefficient (Wildman–Crippen LogP) is 5.04. The summed E-state index contributed by atoms with van der Waals surface area (Å²) in [6.07, 6.45) is 0. The maximum absolute atomic E-state index is 12.8. The molecule has 2 aromatic heterocycles. The van der Waals surface area contributed by atoms with E-state index in [1.54, 1.807) is 18.6 Å². The first-order valence-corrected chi connectivity index (χ1v) is 13.3. The molecule has 4 rings (SSSR count). The van der Waals surface area contributed by atoms with E-state index in [0.717, 1.165) is 16.9 Å². The van der Waals surface area contributed by atoms with Crippen LogP contribution in [0.15, 0.2) is 65.1 Å². The fourth-order valence-corrected chi connectivity index (χ4v) is 5.10. The van der Waals surface area contributed by atoms with E-state index in [9.17, 15) is 9.59 Å². The van der Waals surface area contributed by atoms with Crippen molar-refractivity contribution in [2.24, 2.45) is 7.05 Å². The molecule has 0 saturated carbocycles. The van der Waals surface area contributed by atoms with Crippen LogP contribution in [0.1, 0.15) is 23.1 Å². The zero-order valence-electron chi connectivity index (χ0n) is 20.6. The summed E-state index contributed by atoms with van der Waals surface area (Å²) in [5, 5.41) is 14.1. The molecule has 37 heavy (non-hydrogen) atoms. The number of aromatic nitrogens is 3. The molecule has 0 aliphatic rings. The van der Waals surface area contributed by atoms with Crippen LogP contribution in [0.5, 0.6) is 11.5 Å². The topological polar surface area (TPSA) is 105 Å². The van der Waals surface area contributed by atoms with E-state index in [4.69, 9.17) is 14.2 Å². The summed E-state index contributed by atoms with van der Waals surface area (Å²) in [5.74, 6) is 1.40. The van der Waals surface area contributed by atoms with Crippen molar-refractivity contribution in [3.8, 4) is 22.6 Å². The Bertz CT molecular complexity index is 1350. The summed E-state index contributed by atoms with van der Waals surface area (Å²) in [6.45, 7) is 2.21. The standard InChI is InChI=1S/C26H26N4O5S2/c1-4-34-25(32)23-20(17-8-6-5-7-9-17)15-36-24(23)27-22(31)16-37-26-29-28-21(30(26)2)14-35-19-12-10-18(33-3)11-13-19/h5-13,15H,4,14,16H2,1-3H3,(H,27,31). The zero-order chi connectivity index (χ0) is 26.2. The number of thioether (sulfide) groups is 1. The predicted molar refractivity (Wildman–Crippen MR) is 143 cm³/mol. The number of rotatable bonds is 11. The number of anilines is 1. The van der Waals surface area contributed by atoms with E-state index in [0.29, 0.717) is 27.3 Å². The lowest BCUT2D eigenvalue weighted by atomic mass is 10.0. The van der Waals surface area contributed by atoms with E-state index < -0.39 is 5.97 Å². The lowest BCUT2D eigenvalue weighted by Gasteiger charge is -2.09. The van der Waals surface area contributed by atoms with Crippen molar-refractivity contribution in [2.75, 3.05) is 24.8 Å². The van der Waals surface area contributed by atoms with Crippen LogP contribution in [-0.2, 0) is 23.2 Å². The molecule has 0 radical (unpaired) electrons. The van der Waals surface area contributed by atoms with E-state index in [-0.39, 0.29) is 24.9 Å². The van der Waals surface area contributed by atoms with Crippen LogP contribution in [0.25, 0.3) is 11.1 Å². The molecule has 2 aromatic carbocycles. The first-order chi connectivity index (χ1) is 18.0. The van der Waals surface area contributed by atoms with Crippen molar-refractivity contribution in [3.05, 3.63) is 71.4 Å². The number of amides is 1. The van der Waals surface area contributed by atoms with E-state index in [2.05, 4.69) is 15.5 Å². The minimum absolute atomic E-state index is 0.0894. The van der Waals surface area contributed by atoms with Crippen LogP contribution in [0.2, 0.25) is 0 Å². The van der Waals surface area contributed by atoms with Gasteiger partial charge in [0.25, 0.3) is 0 Å². The molecule has 0 fully saturated rings. The quantitative estimate of drug-likeness (QED) is 0.209. The molecule has 0 bridgehead atoms. The normalized spacial score (nSPS) is 10.7. The second-order valence-corrected chi connectivity index (χ2v) is 9.52. The molecular weight excluding hydrogens is 512 g/mol. The smallest absolute Gasteiger partial charge is 0.341 e. The van der Waals surface area contributed by atoms with Crippen LogP contribution in [-0.4, -0.2) is 46.1 Å². The van der Waals surface area contributed by atoms with E-state index in [1.165, 1.54) is 23.1 Å². The minimum atomic E-state index is -0.472. The Morgan fingerprint density at radius 3 is 2.49 bits per heavy atom. The van der Waals surface area contributed by atoms with Crippen molar-refractivity contribution in [3.63, 3.8) is 0 Å². The maximum Gasteiger partial charge on any atom is 0.341 e. The molecule has 0 aliphatic heterocycles. The Labute approximate surface area is 222 Å². The average Bonchev–Trinajstić information content (AvgIpc) is 3.50. The van der Waals surface area contributed by atoms with Crippen molar-refractivity contribution >= 4 is 40.0 Å². The van der Waals surface area contributed by atoms with Gasteiger partial charge in [0.2, 0.25) is 5.91 Å². The molecule has 9 nitrogen and oxygen atoms in total. The Balaban J connectivity index is 1.38. The second-order valence-electron chi connectivity index (χ2n) is 7.70. The van der Waals surface area contributed by atoms with Gasteiger partial charge in [0.05, 0.1) is 19.5 Å². The van der Waals surface area contributed by atoms with E-state index in [1.807, 2.05) is 67.0 Å². The highest BCUT2D eigenvalue weighted by Crippen LogP contribution is 2.36. The van der Waals surface area contributed by atoms with Gasteiger partial charge in [-0.05, 0) is 36.8 Å². The van der Waals surface area contributed by atoms with Gasteiger partial charge in [-0.25, -0.2) is 4.79 Å². The highest BCUT2D eigenvalue weighted by atomic mass is 32.2. The lowest BCUT2D eigenvalue weighted by Crippen LogP contribution is -2.16. The fourth-order valence-electron chi connectivity index (χ4n) is 3.40. The van der Waals surface area contributed by atoms with Crippen LogP contribution in [0, 0.1) is 0 Å². The molecular formula is C26H26N4O5S2. The number of thiophene rings is 1. The number of carbonyl (C=O) groups excluding carboxylic acids is 2. The first kappa shape index (κ1) is 26.2. The number of nitrogens with one attached hydrogen (secondary N) is 1. The Kier molecular flexibility index (Phi) is 8.81. The van der Waals surface area contributed by atoms with Crippen LogP contribution in [0.4, 0.5) is 5.00 Å². The molecule has 192 valence electrons. The largest absolute Gasteiger partial charge is 0.497 e. The van der Waals surface area contributed by atoms with Crippen LogP contribution < -0.4 is 14.8 Å². The van der Waals surface area contributed by atoms with Gasteiger partial charge in [0, 0.05) is 18.0 Å². The monoisotopic (exact) mass is 538 g/mol. The summed E-state index contributed by atoms with van der Waals surface area (Å²) < 4.78 is 18.0. The number of nitrogens with zero attached hydrogens (tertiary/aromatic N) is 3. The molecule has 0 atom stereocenters. The summed E-state index contributed by atoms with van der Waals surface area (Å²) >= 11 is 2.53. The van der Waals surface area contributed by atoms with Crippen LogP contribution >= 0.6 is 23.1 Å².